The fourth-order valence-electron chi connectivity index (χ4n) is 3.41. The van der Waals surface area contributed by atoms with E-state index in [9.17, 15) is 9.59 Å². The van der Waals surface area contributed by atoms with Crippen molar-refractivity contribution in [3.63, 3.8) is 0 Å². The number of aromatic nitrogens is 3. The Balaban J connectivity index is 1.49. The van der Waals surface area contributed by atoms with Crippen LogP contribution >= 0.6 is 50.5 Å². The third kappa shape index (κ3) is 5.57. The molecule has 0 spiro atoms. The largest absolute Gasteiger partial charge is 0.437 e. The first-order valence-corrected chi connectivity index (χ1v) is 13.4. The van der Waals surface area contributed by atoms with Crippen LogP contribution in [0.1, 0.15) is 33.7 Å². The Labute approximate surface area is 228 Å². The first-order valence-electron chi connectivity index (χ1n) is 10.9. The highest BCUT2D eigenvalue weighted by molar-refractivity contribution is 9.10. The molecular weight excluding hydrogens is 589 g/mol. The molecule has 0 aliphatic heterocycles. The molecule has 1 aliphatic rings. The number of carbonyl (C=O) groups is 2. The second-order valence-corrected chi connectivity index (χ2v) is 10.5. The van der Waals surface area contributed by atoms with E-state index in [1.807, 2.05) is 10.8 Å². The van der Waals surface area contributed by atoms with E-state index < -0.39 is 5.91 Å². The van der Waals surface area contributed by atoms with Crippen LogP contribution in [-0.4, -0.2) is 33.1 Å². The quantitative estimate of drug-likeness (QED) is 0.236. The van der Waals surface area contributed by atoms with Crippen LogP contribution in [0.3, 0.4) is 0 Å². The van der Waals surface area contributed by atoms with Crippen molar-refractivity contribution in [1.82, 2.24) is 20.1 Å². The molecule has 8 nitrogen and oxygen atoms in total. The third-order valence-electron chi connectivity index (χ3n) is 5.36. The number of amides is 2. The number of nitrogens with zero attached hydrogens (tertiary/aromatic N) is 3. The van der Waals surface area contributed by atoms with Gasteiger partial charge in [-0.1, -0.05) is 23.2 Å². The van der Waals surface area contributed by atoms with Crippen LogP contribution in [0.4, 0.5) is 5.69 Å². The van der Waals surface area contributed by atoms with Gasteiger partial charge in [-0.3, -0.25) is 9.59 Å². The van der Waals surface area contributed by atoms with E-state index in [0.29, 0.717) is 32.7 Å². The summed E-state index contributed by atoms with van der Waals surface area (Å²) in [6, 6.07) is 9.71. The number of thiophene rings is 1. The maximum atomic E-state index is 13.5. The zero-order chi connectivity index (χ0) is 25.2. The van der Waals surface area contributed by atoms with Gasteiger partial charge in [-0.05, 0) is 70.4 Å². The lowest BCUT2D eigenvalue weighted by Crippen LogP contribution is -2.27. The number of ether oxygens (including phenoxy) is 1. The second-order valence-electron chi connectivity index (χ2n) is 8.07. The van der Waals surface area contributed by atoms with Crippen molar-refractivity contribution >= 4 is 68.0 Å². The number of halogens is 3. The smallest absolute Gasteiger partial charge is 0.274 e. The van der Waals surface area contributed by atoms with Crippen molar-refractivity contribution in [2.45, 2.75) is 12.8 Å². The average molecular weight is 607 g/mol. The molecule has 1 saturated carbocycles. The minimum absolute atomic E-state index is 0.104. The van der Waals surface area contributed by atoms with Gasteiger partial charge in [-0.25, -0.2) is 9.67 Å². The number of carbonyl (C=O) groups excluding carboxylic acids is 2. The molecule has 1 aromatic carbocycles. The lowest BCUT2D eigenvalue weighted by molar-refractivity contribution is 0.0952. The number of hydrogen-bond acceptors (Lipinski definition) is 6. The lowest BCUT2D eigenvalue weighted by atomic mass is 10.1. The van der Waals surface area contributed by atoms with E-state index in [2.05, 4.69) is 36.6 Å². The summed E-state index contributed by atoms with van der Waals surface area (Å²) in [5.74, 6) is 0.624. The van der Waals surface area contributed by atoms with Crippen molar-refractivity contribution in [3.8, 4) is 17.4 Å². The first-order chi connectivity index (χ1) is 17.4. The summed E-state index contributed by atoms with van der Waals surface area (Å²) in [5.41, 5.74) is 0.616. The monoisotopic (exact) mass is 605 g/mol. The van der Waals surface area contributed by atoms with Crippen LogP contribution < -0.4 is 15.4 Å². The Bertz CT molecular complexity index is 1440. The molecule has 3 aromatic heterocycles. The molecule has 184 valence electrons. The lowest BCUT2D eigenvalue weighted by Gasteiger charge is -2.14. The summed E-state index contributed by atoms with van der Waals surface area (Å²) in [6.45, 7) is 0.574. The van der Waals surface area contributed by atoms with Crippen molar-refractivity contribution in [3.05, 3.63) is 79.1 Å². The van der Waals surface area contributed by atoms with Gasteiger partial charge in [-0.15, -0.1) is 16.4 Å². The number of hydrogen-bond donors (Lipinski definition) is 2. The van der Waals surface area contributed by atoms with Crippen LogP contribution in [0.5, 0.6) is 11.6 Å². The Morgan fingerprint density at radius 2 is 2.03 bits per heavy atom. The highest BCUT2D eigenvalue weighted by atomic mass is 79.9. The topological polar surface area (TPSA) is 98.1 Å². The zero-order valence-corrected chi connectivity index (χ0v) is 22.4. The Hall–Kier alpha value is -2.92. The van der Waals surface area contributed by atoms with Crippen LogP contribution in [-0.2, 0) is 0 Å². The minimum Gasteiger partial charge on any atom is -0.437 e. The fraction of sp³-hybridized carbons (Fsp3) is 0.167. The fourth-order valence-corrected chi connectivity index (χ4v) is 5.07. The van der Waals surface area contributed by atoms with Gasteiger partial charge in [0.05, 0.1) is 16.3 Å². The molecule has 2 amide bonds. The first kappa shape index (κ1) is 24.8. The summed E-state index contributed by atoms with van der Waals surface area (Å²) in [5, 5.41) is 14.5. The molecule has 36 heavy (non-hydrogen) atoms. The number of pyridine rings is 1. The molecule has 0 bridgehead atoms. The summed E-state index contributed by atoms with van der Waals surface area (Å²) >= 11 is 17.5. The molecule has 12 heteroatoms. The van der Waals surface area contributed by atoms with Gasteiger partial charge in [0.25, 0.3) is 11.8 Å². The van der Waals surface area contributed by atoms with Gasteiger partial charge < -0.3 is 15.4 Å². The second kappa shape index (κ2) is 10.6. The molecule has 5 rings (SSSR count). The van der Waals surface area contributed by atoms with E-state index >= 15 is 0 Å². The van der Waals surface area contributed by atoms with E-state index in [1.165, 1.54) is 28.2 Å². The number of benzene rings is 1. The Kier molecular flexibility index (Phi) is 7.29. The van der Waals surface area contributed by atoms with Crippen LogP contribution in [0, 0.1) is 5.92 Å². The average Bonchev–Trinajstić information content (AvgIpc) is 3.36. The van der Waals surface area contributed by atoms with Crippen LogP contribution in [0.2, 0.25) is 10.0 Å². The van der Waals surface area contributed by atoms with Gasteiger partial charge >= 0.3 is 0 Å². The molecule has 0 unspecified atom stereocenters. The van der Waals surface area contributed by atoms with E-state index in [-0.39, 0.29) is 34.5 Å². The van der Waals surface area contributed by atoms with Crippen LogP contribution in [0.25, 0.3) is 5.82 Å². The van der Waals surface area contributed by atoms with E-state index in [1.54, 1.807) is 30.5 Å². The molecule has 2 N–H and O–H groups in total. The van der Waals surface area contributed by atoms with Crippen molar-refractivity contribution in [2.24, 2.45) is 5.92 Å². The van der Waals surface area contributed by atoms with Gasteiger partial charge in [0.2, 0.25) is 5.88 Å². The van der Waals surface area contributed by atoms with E-state index in [0.717, 1.165) is 12.8 Å². The van der Waals surface area contributed by atoms with Crippen molar-refractivity contribution in [1.29, 1.82) is 0 Å². The molecule has 0 saturated heterocycles. The normalized spacial score (nSPS) is 12.9. The van der Waals surface area contributed by atoms with Crippen molar-refractivity contribution in [2.75, 3.05) is 11.9 Å². The third-order valence-corrected chi connectivity index (χ3v) is 7.16. The van der Waals surface area contributed by atoms with Gasteiger partial charge in [0, 0.05) is 33.7 Å². The van der Waals surface area contributed by atoms with Gasteiger partial charge in [-0.2, -0.15) is 0 Å². The Morgan fingerprint density at radius 1 is 1.19 bits per heavy atom. The number of anilines is 1. The maximum Gasteiger partial charge on any atom is 0.274 e. The molecular formula is C24H18BrCl2N5O3S. The van der Waals surface area contributed by atoms with Crippen LogP contribution in [0.15, 0.2) is 57.8 Å². The SMILES string of the molecule is O=C(NCC1CC1)c1cc(Cl)cc(Br)c1NC(=O)c1cc(Oc2ccsc2)nn1-c1ncccc1Cl. The maximum absolute atomic E-state index is 13.5. The molecule has 3 heterocycles. The molecule has 0 radical (unpaired) electrons. The highest BCUT2D eigenvalue weighted by Crippen LogP contribution is 2.33. The predicted octanol–water partition coefficient (Wildman–Crippen LogP) is 6.58. The standard InChI is InChI=1S/C24H18BrCl2N5O3S/c25-17-9-14(26)8-16(23(33)29-11-13-3-4-13)21(17)30-24(34)19-10-20(35-15-5-7-36-12-15)31-32(19)22-18(27)2-1-6-28-22/h1-2,5-10,12-13H,3-4,11H2,(H,29,33)(H,30,34). The number of nitrogens with one attached hydrogen (secondary N) is 2. The summed E-state index contributed by atoms with van der Waals surface area (Å²) in [6.07, 6.45) is 3.74. The van der Waals surface area contributed by atoms with Crippen molar-refractivity contribution < 1.29 is 14.3 Å². The molecule has 1 fully saturated rings. The molecule has 0 atom stereocenters. The van der Waals surface area contributed by atoms with E-state index in [4.69, 9.17) is 27.9 Å². The summed E-state index contributed by atoms with van der Waals surface area (Å²) in [7, 11) is 0. The summed E-state index contributed by atoms with van der Waals surface area (Å²) in [4.78, 5) is 30.7. The molecule has 4 aromatic rings. The number of rotatable bonds is 8. The van der Waals surface area contributed by atoms with Gasteiger partial charge in [0.1, 0.15) is 11.4 Å². The minimum atomic E-state index is -0.552. The highest BCUT2D eigenvalue weighted by Gasteiger charge is 2.26. The van der Waals surface area contributed by atoms with Gasteiger partial charge in [0.15, 0.2) is 5.82 Å². The summed E-state index contributed by atoms with van der Waals surface area (Å²) < 4.78 is 7.56. The zero-order valence-electron chi connectivity index (χ0n) is 18.5. The molecule has 1 aliphatic carbocycles. The Morgan fingerprint density at radius 3 is 2.75 bits per heavy atom. The predicted molar refractivity (Wildman–Crippen MR) is 143 cm³/mol.